The Bertz CT molecular complexity index is 1260. The summed E-state index contributed by atoms with van der Waals surface area (Å²) in [7, 11) is 0. The highest BCUT2D eigenvalue weighted by molar-refractivity contribution is 5.81. The number of aliphatic carboxylic acids is 1. The van der Waals surface area contributed by atoms with Crippen LogP contribution in [-0.4, -0.2) is 48.1 Å². The molecule has 2 aromatic rings. The zero-order chi connectivity index (χ0) is 28.8. The van der Waals surface area contributed by atoms with E-state index in [0.29, 0.717) is 0 Å². The Hall–Kier alpha value is -3.55. The Morgan fingerprint density at radius 3 is 1.98 bits per heavy atom. The molecule has 218 valence electrons. The minimum Gasteiger partial charge on any atom is -0.480 e. The molecule has 0 radical (unpaired) electrons. The summed E-state index contributed by atoms with van der Waals surface area (Å²) in [6.07, 6.45) is 5.95. The van der Waals surface area contributed by atoms with E-state index in [2.05, 4.69) is 22.8 Å². The van der Waals surface area contributed by atoms with Gasteiger partial charge < -0.3 is 25.2 Å². The highest BCUT2D eigenvalue weighted by Gasteiger charge is 2.58. The number of rotatable bonds is 9. The van der Waals surface area contributed by atoms with Crippen molar-refractivity contribution in [3.05, 3.63) is 59.7 Å². The van der Waals surface area contributed by atoms with Crippen molar-refractivity contribution in [1.82, 2.24) is 10.6 Å². The van der Waals surface area contributed by atoms with Crippen molar-refractivity contribution in [2.75, 3.05) is 13.2 Å². The predicted octanol–water partition coefficient (Wildman–Crippen LogP) is 6.09. The number of alkyl carbamates (subject to hydrolysis) is 2. The highest BCUT2D eigenvalue weighted by atomic mass is 16.6. The third-order valence-electron chi connectivity index (χ3n) is 10.3. The molecule has 4 bridgehead atoms. The fraction of sp³-hybridized carbons (Fsp3) is 0.545. The van der Waals surface area contributed by atoms with Gasteiger partial charge in [-0.15, -0.1) is 0 Å². The first kappa shape index (κ1) is 27.6. The number of nitrogens with one attached hydrogen (secondary N) is 2. The number of hydrogen-bond acceptors (Lipinski definition) is 5. The van der Waals surface area contributed by atoms with Crippen molar-refractivity contribution in [2.24, 2.45) is 23.2 Å². The molecule has 2 amide bonds. The second kappa shape index (κ2) is 10.7. The number of carbonyl (C=O) groups excluding carboxylic acids is 2. The molecule has 8 nitrogen and oxygen atoms in total. The summed E-state index contributed by atoms with van der Waals surface area (Å²) in [4.78, 5) is 37.3. The summed E-state index contributed by atoms with van der Waals surface area (Å²) >= 11 is 0. The summed E-state index contributed by atoms with van der Waals surface area (Å²) in [6, 6.07) is 14.8. The lowest BCUT2D eigenvalue weighted by Gasteiger charge is -2.61. The minimum atomic E-state index is -1.21. The molecule has 0 aromatic heterocycles. The van der Waals surface area contributed by atoms with Crippen molar-refractivity contribution in [3.8, 4) is 11.1 Å². The number of hydrogen-bond donors (Lipinski definition) is 3. The molecular weight excluding hydrogens is 520 g/mol. The molecule has 8 heteroatoms. The first-order valence-electron chi connectivity index (χ1n) is 15.0. The number of carboxylic acids is 1. The van der Waals surface area contributed by atoms with Gasteiger partial charge in [0.25, 0.3) is 0 Å². The van der Waals surface area contributed by atoms with Crippen LogP contribution in [0.4, 0.5) is 9.59 Å². The van der Waals surface area contributed by atoms with Crippen LogP contribution in [-0.2, 0) is 14.3 Å². The fourth-order valence-electron chi connectivity index (χ4n) is 8.58. The van der Waals surface area contributed by atoms with E-state index >= 15 is 0 Å². The second-order valence-corrected chi connectivity index (χ2v) is 13.2. The molecule has 0 heterocycles. The van der Waals surface area contributed by atoms with Gasteiger partial charge in [0.15, 0.2) is 0 Å². The van der Waals surface area contributed by atoms with Gasteiger partial charge in [-0.3, -0.25) is 0 Å². The number of carboxylic acid groups (broad SMARTS) is 1. The van der Waals surface area contributed by atoms with Gasteiger partial charge in [0.1, 0.15) is 18.2 Å². The van der Waals surface area contributed by atoms with E-state index in [-0.39, 0.29) is 30.9 Å². The van der Waals surface area contributed by atoms with Gasteiger partial charge in [0, 0.05) is 17.9 Å². The van der Waals surface area contributed by atoms with E-state index in [1.807, 2.05) is 50.2 Å². The molecule has 0 spiro atoms. The smallest absolute Gasteiger partial charge is 0.407 e. The lowest BCUT2D eigenvalue weighted by molar-refractivity contribution is -0.162. The molecular formula is C33H40N2O6. The van der Waals surface area contributed by atoms with Gasteiger partial charge in [-0.1, -0.05) is 48.5 Å². The van der Waals surface area contributed by atoms with Crippen LogP contribution in [0.1, 0.15) is 75.8 Å². The van der Waals surface area contributed by atoms with Crippen molar-refractivity contribution in [3.63, 3.8) is 0 Å². The molecule has 41 heavy (non-hydrogen) atoms. The van der Waals surface area contributed by atoms with Crippen LogP contribution in [0.25, 0.3) is 11.1 Å². The largest absolute Gasteiger partial charge is 0.480 e. The summed E-state index contributed by atoms with van der Waals surface area (Å²) in [5, 5.41) is 14.9. The first-order valence-corrected chi connectivity index (χ1v) is 15.0. The number of fused-ring (bicyclic) bond motifs is 3. The van der Waals surface area contributed by atoms with E-state index in [1.165, 1.54) is 19.3 Å². The van der Waals surface area contributed by atoms with Gasteiger partial charge in [-0.05, 0) is 98.8 Å². The quantitative estimate of drug-likeness (QED) is 0.342. The third kappa shape index (κ3) is 5.29. The van der Waals surface area contributed by atoms with Crippen LogP contribution in [0.3, 0.4) is 0 Å². The average Bonchev–Trinajstić information content (AvgIpc) is 3.24. The van der Waals surface area contributed by atoms with Crippen LogP contribution in [0.2, 0.25) is 0 Å². The minimum absolute atomic E-state index is 0.00637. The Kier molecular flexibility index (Phi) is 7.20. The van der Waals surface area contributed by atoms with E-state index in [9.17, 15) is 19.5 Å². The zero-order valence-electron chi connectivity index (χ0n) is 23.9. The van der Waals surface area contributed by atoms with E-state index in [1.54, 1.807) is 0 Å². The Morgan fingerprint density at radius 2 is 1.44 bits per heavy atom. The Balaban J connectivity index is 0.990. The maximum Gasteiger partial charge on any atom is 0.407 e. The van der Waals surface area contributed by atoms with Gasteiger partial charge in [0.05, 0.1) is 0 Å². The molecule has 0 unspecified atom stereocenters. The lowest BCUT2D eigenvalue weighted by Crippen LogP contribution is -2.58. The average molecular weight is 561 g/mol. The van der Waals surface area contributed by atoms with Crippen LogP contribution in [0.15, 0.2) is 48.5 Å². The predicted molar refractivity (Wildman–Crippen MR) is 153 cm³/mol. The fourth-order valence-corrected chi connectivity index (χ4v) is 8.58. The molecule has 7 rings (SSSR count). The van der Waals surface area contributed by atoms with Gasteiger partial charge >= 0.3 is 18.2 Å². The van der Waals surface area contributed by atoms with Crippen molar-refractivity contribution < 1.29 is 29.0 Å². The third-order valence-corrected chi connectivity index (χ3v) is 10.3. The van der Waals surface area contributed by atoms with Crippen molar-refractivity contribution in [2.45, 2.75) is 76.4 Å². The van der Waals surface area contributed by atoms with Crippen molar-refractivity contribution in [1.29, 1.82) is 0 Å². The number of ether oxygens (including phenoxy) is 2. The maximum absolute atomic E-state index is 12.8. The van der Waals surface area contributed by atoms with Crippen LogP contribution >= 0.6 is 0 Å². The monoisotopic (exact) mass is 560 g/mol. The molecule has 5 aliphatic rings. The van der Waals surface area contributed by atoms with Crippen LogP contribution < -0.4 is 10.6 Å². The van der Waals surface area contributed by atoms with E-state index < -0.39 is 29.8 Å². The zero-order valence-corrected chi connectivity index (χ0v) is 23.9. The Labute approximate surface area is 241 Å². The summed E-state index contributed by atoms with van der Waals surface area (Å²) in [5.41, 5.74) is 3.81. The van der Waals surface area contributed by atoms with Crippen LogP contribution in [0, 0.1) is 23.2 Å². The number of carbonyl (C=O) groups is 3. The standard InChI is InChI=1S/C33H40N2O6/c1-32(2,33-16-20-13-21(17-33)15-22(14-20)18-33)41-30(38)34-12-11-28(29(36)37)35-31(39)40-19-27-25-9-5-3-7-23(25)24-8-4-6-10-26(24)27/h3-10,20-22,27-28H,11-19H2,1-2H3,(H,34,38)(H,35,39)(H,36,37)/t20?,21?,22?,28-,33?/m0/s1. The normalized spacial score (nSPS) is 26.5. The van der Waals surface area contributed by atoms with Gasteiger partial charge in [-0.2, -0.15) is 0 Å². The summed E-state index contributed by atoms with van der Waals surface area (Å²) in [5.74, 6) is 0.917. The van der Waals surface area contributed by atoms with Gasteiger partial charge in [0.2, 0.25) is 0 Å². The molecule has 0 aliphatic heterocycles. The summed E-state index contributed by atoms with van der Waals surface area (Å²) < 4.78 is 11.5. The molecule has 0 saturated heterocycles. The Morgan fingerprint density at radius 1 is 0.902 bits per heavy atom. The molecule has 4 fully saturated rings. The highest BCUT2D eigenvalue weighted by Crippen LogP contribution is 2.64. The van der Waals surface area contributed by atoms with Crippen molar-refractivity contribution >= 4 is 18.2 Å². The number of amides is 2. The van der Waals surface area contributed by atoms with E-state index in [4.69, 9.17) is 9.47 Å². The summed E-state index contributed by atoms with van der Waals surface area (Å²) in [6.45, 7) is 4.20. The second-order valence-electron chi connectivity index (χ2n) is 13.2. The first-order chi connectivity index (χ1) is 19.6. The van der Waals surface area contributed by atoms with Gasteiger partial charge in [-0.25, -0.2) is 14.4 Å². The SMILES string of the molecule is CC(C)(OC(=O)NCC[C@H](NC(=O)OCC1c2ccccc2-c2ccccc21)C(=O)O)C12CC3CC(CC(C3)C1)C2. The molecule has 4 saturated carbocycles. The number of benzene rings is 2. The molecule has 2 aromatic carbocycles. The molecule has 5 aliphatic carbocycles. The topological polar surface area (TPSA) is 114 Å². The molecule has 3 N–H and O–H groups in total. The molecule has 1 atom stereocenters. The lowest BCUT2D eigenvalue weighted by atomic mass is 9.46. The van der Waals surface area contributed by atoms with E-state index in [0.717, 1.165) is 59.3 Å². The maximum atomic E-state index is 12.8. The van der Waals surface area contributed by atoms with Crippen LogP contribution in [0.5, 0.6) is 0 Å².